The molecule has 0 bridgehead atoms. The predicted molar refractivity (Wildman–Crippen MR) is 35.9 cm³/mol. The van der Waals surface area contributed by atoms with E-state index in [1.54, 1.807) is 0 Å². The van der Waals surface area contributed by atoms with E-state index in [9.17, 15) is 4.39 Å². The third-order valence-electron chi connectivity index (χ3n) is 2.12. The van der Waals surface area contributed by atoms with Crippen LogP contribution in [-0.4, -0.2) is 12.7 Å². The Morgan fingerprint density at radius 2 is 2.00 bits per heavy atom. The van der Waals surface area contributed by atoms with E-state index in [4.69, 9.17) is 5.73 Å². The van der Waals surface area contributed by atoms with E-state index < -0.39 is 6.17 Å². The number of alkyl halides is 1. The molecule has 0 saturated heterocycles. The average Bonchev–Trinajstić information content (AvgIpc) is 1.89. The quantitative estimate of drug-likeness (QED) is 0.573. The van der Waals surface area contributed by atoms with E-state index in [1.165, 1.54) is 6.42 Å². The predicted octanol–water partition coefficient (Wildman–Crippen LogP) is 1.47. The number of hydrogen-bond donors (Lipinski definition) is 1. The standard InChI is InChI=1S/C7H14FN/c8-7-4-2-1-3-6(7)5-9/h6-7H,1-5,9H2/t6-,7+/m0/s1. The van der Waals surface area contributed by atoms with Gasteiger partial charge in [-0.3, -0.25) is 0 Å². The average molecular weight is 131 g/mol. The maximum atomic E-state index is 12.8. The summed E-state index contributed by atoms with van der Waals surface area (Å²) < 4.78 is 12.8. The van der Waals surface area contributed by atoms with Crippen molar-refractivity contribution in [3.05, 3.63) is 0 Å². The highest BCUT2D eigenvalue weighted by molar-refractivity contribution is 4.74. The molecule has 1 saturated carbocycles. The SMILES string of the molecule is NC[C@@H]1CCCC[C@H]1F. The lowest BCUT2D eigenvalue weighted by molar-refractivity contribution is 0.171. The third kappa shape index (κ3) is 1.65. The number of nitrogens with two attached hydrogens (primary N) is 1. The Labute approximate surface area is 55.4 Å². The molecule has 1 rings (SSSR count). The Bertz CT molecular complexity index is 85.0. The van der Waals surface area contributed by atoms with Crippen LogP contribution >= 0.6 is 0 Å². The van der Waals surface area contributed by atoms with Crippen molar-refractivity contribution in [2.75, 3.05) is 6.54 Å². The van der Waals surface area contributed by atoms with Gasteiger partial charge >= 0.3 is 0 Å². The van der Waals surface area contributed by atoms with E-state index in [0.717, 1.165) is 19.3 Å². The minimum Gasteiger partial charge on any atom is -0.330 e. The molecule has 0 radical (unpaired) electrons. The summed E-state index contributed by atoms with van der Waals surface area (Å²) in [6.45, 7) is 0.529. The Balaban J connectivity index is 2.30. The van der Waals surface area contributed by atoms with Crippen molar-refractivity contribution in [3.63, 3.8) is 0 Å². The smallest absolute Gasteiger partial charge is 0.104 e. The summed E-state index contributed by atoms with van der Waals surface area (Å²) in [5.74, 6) is 0.166. The fraction of sp³-hybridized carbons (Fsp3) is 1.00. The molecular formula is C7H14FN. The Kier molecular flexibility index (Phi) is 2.46. The lowest BCUT2D eigenvalue weighted by atomic mass is 9.88. The first-order valence-corrected chi connectivity index (χ1v) is 3.68. The molecule has 0 amide bonds. The first-order valence-electron chi connectivity index (χ1n) is 3.68. The monoisotopic (exact) mass is 131 g/mol. The number of rotatable bonds is 1. The van der Waals surface area contributed by atoms with Crippen LogP contribution in [0.3, 0.4) is 0 Å². The first kappa shape index (κ1) is 7.00. The van der Waals surface area contributed by atoms with Crippen LogP contribution in [0.15, 0.2) is 0 Å². The zero-order chi connectivity index (χ0) is 6.69. The van der Waals surface area contributed by atoms with Crippen molar-refractivity contribution in [1.29, 1.82) is 0 Å². The van der Waals surface area contributed by atoms with E-state index in [1.807, 2.05) is 0 Å². The van der Waals surface area contributed by atoms with Crippen molar-refractivity contribution < 1.29 is 4.39 Å². The molecule has 0 aliphatic heterocycles. The second kappa shape index (κ2) is 3.16. The van der Waals surface area contributed by atoms with E-state index in [2.05, 4.69) is 0 Å². The van der Waals surface area contributed by atoms with Crippen LogP contribution in [0.5, 0.6) is 0 Å². The normalized spacial score (nSPS) is 36.7. The van der Waals surface area contributed by atoms with Crippen LogP contribution in [0.2, 0.25) is 0 Å². The molecular weight excluding hydrogens is 117 g/mol. The number of hydrogen-bond acceptors (Lipinski definition) is 1. The van der Waals surface area contributed by atoms with Crippen molar-refractivity contribution in [2.24, 2.45) is 11.7 Å². The highest BCUT2D eigenvalue weighted by Gasteiger charge is 2.22. The topological polar surface area (TPSA) is 26.0 Å². The summed E-state index contributed by atoms with van der Waals surface area (Å²) in [6.07, 6.45) is 3.35. The van der Waals surface area contributed by atoms with Gasteiger partial charge in [-0.15, -0.1) is 0 Å². The molecule has 1 aliphatic carbocycles. The molecule has 0 aromatic heterocycles. The van der Waals surface area contributed by atoms with Crippen molar-refractivity contribution in [1.82, 2.24) is 0 Å². The summed E-state index contributed by atoms with van der Waals surface area (Å²) in [5, 5.41) is 0. The van der Waals surface area contributed by atoms with E-state index in [-0.39, 0.29) is 5.92 Å². The molecule has 1 aliphatic rings. The van der Waals surface area contributed by atoms with Crippen molar-refractivity contribution >= 4 is 0 Å². The largest absolute Gasteiger partial charge is 0.330 e. The number of halogens is 1. The van der Waals surface area contributed by atoms with Crippen LogP contribution in [0.1, 0.15) is 25.7 Å². The van der Waals surface area contributed by atoms with Gasteiger partial charge in [-0.2, -0.15) is 0 Å². The van der Waals surface area contributed by atoms with Gasteiger partial charge in [0.1, 0.15) is 6.17 Å². The fourth-order valence-electron chi connectivity index (χ4n) is 1.43. The van der Waals surface area contributed by atoms with Gasteiger partial charge in [0.2, 0.25) is 0 Å². The van der Waals surface area contributed by atoms with Gasteiger partial charge in [0.05, 0.1) is 0 Å². The van der Waals surface area contributed by atoms with Gasteiger partial charge < -0.3 is 5.73 Å². The Morgan fingerprint density at radius 3 is 2.44 bits per heavy atom. The second-order valence-corrected chi connectivity index (χ2v) is 2.80. The summed E-state index contributed by atoms with van der Waals surface area (Å²) in [5.41, 5.74) is 5.35. The van der Waals surface area contributed by atoms with Gasteiger partial charge in [-0.1, -0.05) is 12.8 Å². The summed E-state index contributed by atoms with van der Waals surface area (Å²) in [7, 11) is 0. The van der Waals surface area contributed by atoms with E-state index >= 15 is 0 Å². The minimum absolute atomic E-state index is 0.166. The van der Waals surface area contributed by atoms with Crippen LogP contribution in [0.25, 0.3) is 0 Å². The lowest BCUT2D eigenvalue weighted by Crippen LogP contribution is -2.27. The highest BCUT2D eigenvalue weighted by atomic mass is 19.1. The van der Waals surface area contributed by atoms with Gasteiger partial charge in [-0.05, 0) is 19.4 Å². The third-order valence-corrected chi connectivity index (χ3v) is 2.12. The van der Waals surface area contributed by atoms with Gasteiger partial charge in [0.25, 0.3) is 0 Å². The first-order chi connectivity index (χ1) is 4.34. The van der Waals surface area contributed by atoms with Crippen LogP contribution in [0, 0.1) is 5.92 Å². The molecule has 0 heterocycles. The van der Waals surface area contributed by atoms with Gasteiger partial charge in [-0.25, -0.2) is 4.39 Å². The van der Waals surface area contributed by atoms with Gasteiger partial charge in [0, 0.05) is 5.92 Å². The maximum absolute atomic E-state index is 12.8. The molecule has 1 nitrogen and oxygen atoms in total. The Hall–Kier alpha value is -0.110. The molecule has 1 fully saturated rings. The van der Waals surface area contributed by atoms with Crippen LogP contribution < -0.4 is 5.73 Å². The summed E-state index contributed by atoms with van der Waals surface area (Å²) in [6, 6.07) is 0. The van der Waals surface area contributed by atoms with E-state index in [0.29, 0.717) is 6.54 Å². The molecule has 9 heavy (non-hydrogen) atoms. The van der Waals surface area contributed by atoms with Crippen LogP contribution in [-0.2, 0) is 0 Å². The molecule has 54 valence electrons. The fourth-order valence-corrected chi connectivity index (χ4v) is 1.43. The molecule has 0 aromatic rings. The van der Waals surface area contributed by atoms with Crippen LogP contribution in [0.4, 0.5) is 4.39 Å². The second-order valence-electron chi connectivity index (χ2n) is 2.80. The molecule has 0 unspecified atom stereocenters. The molecule has 0 aromatic carbocycles. The Morgan fingerprint density at radius 1 is 1.33 bits per heavy atom. The zero-order valence-electron chi connectivity index (χ0n) is 5.65. The molecule has 0 spiro atoms. The van der Waals surface area contributed by atoms with Gasteiger partial charge in [0.15, 0.2) is 0 Å². The lowest BCUT2D eigenvalue weighted by Gasteiger charge is -2.23. The minimum atomic E-state index is -0.608. The van der Waals surface area contributed by atoms with Crippen molar-refractivity contribution in [3.8, 4) is 0 Å². The highest BCUT2D eigenvalue weighted by Crippen LogP contribution is 2.25. The summed E-state index contributed by atoms with van der Waals surface area (Å²) in [4.78, 5) is 0. The molecule has 2 atom stereocenters. The maximum Gasteiger partial charge on any atom is 0.104 e. The zero-order valence-corrected chi connectivity index (χ0v) is 5.65. The van der Waals surface area contributed by atoms with Crippen molar-refractivity contribution in [2.45, 2.75) is 31.9 Å². The molecule has 2 heteroatoms. The summed E-state index contributed by atoms with van der Waals surface area (Å²) >= 11 is 0. The molecule has 2 N–H and O–H groups in total.